The number of rotatable bonds is 8. The van der Waals surface area contributed by atoms with E-state index in [0.29, 0.717) is 13.0 Å². The maximum absolute atomic E-state index is 12.0. The van der Waals surface area contributed by atoms with Crippen LogP contribution in [0.4, 0.5) is 0 Å². The molecule has 1 aromatic carbocycles. The van der Waals surface area contributed by atoms with Crippen LogP contribution in [-0.4, -0.2) is 39.5 Å². The SMILES string of the molecule is CCCNS(=O)(=O)c1cccc(C(=O)OCC(=O)NC(C)C)c1. The summed E-state index contributed by atoms with van der Waals surface area (Å²) < 4.78 is 31.3. The van der Waals surface area contributed by atoms with Crippen LogP contribution in [0, 0.1) is 0 Å². The molecule has 0 spiro atoms. The largest absolute Gasteiger partial charge is 0.452 e. The third-order valence-corrected chi connectivity index (χ3v) is 4.16. The van der Waals surface area contributed by atoms with E-state index in [-0.39, 0.29) is 16.5 Å². The van der Waals surface area contributed by atoms with Gasteiger partial charge in [-0.2, -0.15) is 0 Å². The van der Waals surface area contributed by atoms with Gasteiger partial charge in [0.1, 0.15) is 0 Å². The van der Waals surface area contributed by atoms with Crippen LogP contribution in [0.5, 0.6) is 0 Å². The predicted molar refractivity (Wildman–Crippen MR) is 85.5 cm³/mol. The summed E-state index contributed by atoms with van der Waals surface area (Å²) >= 11 is 0. The number of carbonyl (C=O) groups is 2. The molecule has 0 aliphatic rings. The Kier molecular flexibility index (Phi) is 7.18. The Morgan fingerprint density at radius 1 is 1.26 bits per heavy atom. The lowest BCUT2D eigenvalue weighted by atomic mass is 10.2. The zero-order chi connectivity index (χ0) is 17.5. The van der Waals surface area contributed by atoms with Crippen LogP contribution in [0.3, 0.4) is 0 Å². The molecule has 0 bridgehead atoms. The number of carbonyl (C=O) groups excluding carboxylic acids is 2. The highest BCUT2D eigenvalue weighted by Gasteiger charge is 2.17. The summed E-state index contributed by atoms with van der Waals surface area (Å²) in [4.78, 5) is 23.3. The highest BCUT2D eigenvalue weighted by atomic mass is 32.2. The van der Waals surface area contributed by atoms with E-state index in [1.54, 1.807) is 13.8 Å². The van der Waals surface area contributed by atoms with E-state index in [9.17, 15) is 18.0 Å². The van der Waals surface area contributed by atoms with Crippen molar-refractivity contribution in [2.24, 2.45) is 0 Å². The number of hydrogen-bond donors (Lipinski definition) is 2. The first kappa shape index (κ1) is 19.1. The lowest BCUT2D eigenvalue weighted by molar-refractivity contribution is -0.124. The fourth-order valence-corrected chi connectivity index (χ4v) is 2.87. The van der Waals surface area contributed by atoms with E-state index in [2.05, 4.69) is 10.0 Å². The van der Waals surface area contributed by atoms with Crippen molar-refractivity contribution in [3.63, 3.8) is 0 Å². The maximum atomic E-state index is 12.0. The molecule has 0 unspecified atom stereocenters. The van der Waals surface area contributed by atoms with Gasteiger partial charge in [-0.1, -0.05) is 13.0 Å². The van der Waals surface area contributed by atoms with E-state index >= 15 is 0 Å². The summed E-state index contributed by atoms with van der Waals surface area (Å²) in [6.45, 7) is 5.32. The average Bonchev–Trinajstić information content (AvgIpc) is 2.50. The Morgan fingerprint density at radius 3 is 2.57 bits per heavy atom. The van der Waals surface area contributed by atoms with Gasteiger partial charge in [0.15, 0.2) is 6.61 Å². The van der Waals surface area contributed by atoms with E-state index < -0.39 is 28.5 Å². The lowest BCUT2D eigenvalue weighted by Crippen LogP contribution is -2.34. The van der Waals surface area contributed by atoms with Gasteiger partial charge in [0, 0.05) is 12.6 Å². The monoisotopic (exact) mass is 342 g/mol. The van der Waals surface area contributed by atoms with Gasteiger partial charge in [-0.15, -0.1) is 0 Å². The first-order valence-corrected chi connectivity index (χ1v) is 8.80. The molecular formula is C15H22N2O5S. The smallest absolute Gasteiger partial charge is 0.338 e. The number of benzene rings is 1. The molecule has 0 saturated heterocycles. The number of ether oxygens (including phenoxy) is 1. The van der Waals surface area contributed by atoms with Crippen molar-refractivity contribution in [2.75, 3.05) is 13.2 Å². The van der Waals surface area contributed by atoms with Crippen LogP contribution in [0.2, 0.25) is 0 Å². The van der Waals surface area contributed by atoms with Crippen molar-refractivity contribution in [1.82, 2.24) is 10.0 Å². The molecular weight excluding hydrogens is 320 g/mol. The van der Waals surface area contributed by atoms with Crippen molar-refractivity contribution in [3.05, 3.63) is 29.8 Å². The predicted octanol–water partition coefficient (Wildman–Crippen LogP) is 1.06. The molecule has 128 valence electrons. The minimum Gasteiger partial charge on any atom is -0.452 e. The molecule has 8 heteroatoms. The maximum Gasteiger partial charge on any atom is 0.338 e. The third-order valence-electron chi connectivity index (χ3n) is 2.71. The Morgan fingerprint density at radius 2 is 1.96 bits per heavy atom. The molecule has 1 rings (SSSR count). The fraction of sp³-hybridized carbons (Fsp3) is 0.467. The van der Waals surface area contributed by atoms with Crippen LogP contribution in [0.1, 0.15) is 37.6 Å². The second-order valence-corrected chi connectivity index (χ2v) is 6.99. The van der Waals surface area contributed by atoms with Gasteiger partial charge in [0.2, 0.25) is 10.0 Å². The van der Waals surface area contributed by atoms with Crippen molar-refractivity contribution >= 4 is 21.9 Å². The van der Waals surface area contributed by atoms with E-state index in [0.717, 1.165) is 0 Å². The first-order valence-electron chi connectivity index (χ1n) is 7.32. The van der Waals surface area contributed by atoms with Gasteiger partial charge in [-0.25, -0.2) is 17.9 Å². The summed E-state index contributed by atoms with van der Waals surface area (Å²) in [5, 5.41) is 2.59. The van der Waals surface area contributed by atoms with Crippen LogP contribution < -0.4 is 10.0 Å². The number of nitrogens with one attached hydrogen (secondary N) is 2. The number of sulfonamides is 1. The topological polar surface area (TPSA) is 102 Å². The Bertz CT molecular complexity index is 656. The van der Waals surface area contributed by atoms with Crippen LogP contribution in [-0.2, 0) is 19.6 Å². The lowest BCUT2D eigenvalue weighted by Gasteiger charge is -2.10. The highest BCUT2D eigenvalue weighted by Crippen LogP contribution is 2.12. The number of hydrogen-bond acceptors (Lipinski definition) is 5. The molecule has 0 saturated carbocycles. The van der Waals surface area contributed by atoms with E-state index in [4.69, 9.17) is 4.74 Å². The number of esters is 1. The van der Waals surface area contributed by atoms with Gasteiger partial charge in [-0.3, -0.25) is 4.79 Å². The zero-order valence-electron chi connectivity index (χ0n) is 13.5. The summed E-state index contributed by atoms with van der Waals surface area (Å²) in [5.41, 5.74) is 0.0710. The molecule has 1 amide bonds. The second-order valence-electron chi connectivity index (χ2n) is 5.22. The molecule has 0 aliphatic carbocycles. The normalized spacial score (nSPS) is 11.3. The zero-order valence-corrected chi connectivity index (χ0v) is 14.3. The molecule has 0 radical (unpaired) electrons. The molecule has 0 fully saturated rings. The molecule has 2 N–H and O–H groups in total. The van der Waals surface area contributed by atoms with Crippen LogP contribution in [0.15, 0.2) is 29.2 Å². The molecule has 0 heterocycles. The summed E-state index contributed by atoms with van der Waals surface area (Å²) in [5.74, 6) is -1.17. The first-order chi connectivity index (χ1) is 10.8. The summed E-state index contributed by atoms with van der Waals surface area (Å²) in [6, 6.07) is 5.44. The van der Waals surface area contributed by atoms with Gasteiger partial charge >= 0.3 is 5.97 Å². The van der Waals surface area contributed by atoms with Crippen molar-refractivity contribution in [3.8, 4) is 0 Å². The average molecular weight is 342 g/mol. The van der Waals surface area contributed by atoms with Gasteiger partial charge < -0.3 is 10.1 Å². The molecule has 7 nitrogen and oxygen atoms in total. The van der Waals surface area contributed by atoms with Gasteiger partial charge in [0.05, 0.1) is 10.5 Å². The fourth-order valence-electron chi connectivity index (χ4n) is 1.69. The van der Waals surface area contributed by atoms with Gasteiger partial charge in [-0.05, 0) is 38.5 Å². The van der Waals surface area contributed by atoms with Crippen molar-refractivity contribution < 1.29 is 22.7 Å². The molecule has 0 aromatic heterocycles. The standard InChI is InChI=1S/C15H22N2O5S/c1-4-8-16-23(20,21)13-7-5-6-12(9-13)15(19)22-10-14(18)17-11(2)3/h5-7,9,11,16H,4,8,10H2,1-3H3,(H,17,18). The summed E-state index contributed by atoms with van der Waals surface area (Å²) in [6.07, 6.45) is 0.659. The van der Waals surface area contributed by atoms with E-state index in [1.807, 2.05) is 6.92 Å². The minimum atomic E-state index is -3.66. The Balaban J connectivity index is 2.76. The van der Waals surface area contributed by atoms with Crippen LogP contribution >= 0.6 is 0 Å². The minimum absolute atomic E-state index is 0.0213. The Hall–Kier alpha value is -1.93. The third kappa shape index (κ3) is 6.37. The molecule has 0 atom stereocenters. The molecule has 23 heavy (non-hydrogen) atoms. The molecule has 0 aliphatic heterocycles. The summed E-state index contributed by atoms with van der Waals surface area (Å²) in [7, 11) is -3.66. The Labute approximate surface area is 136 Å². The van der Waals surface area contributed by atoms with E-state index in [1.165, 1.54) is 24.3 Å². The van der Waals surface area contributed by atoms with Crippen molar-refractivity contribution in [2.45, 2.75) is 38.1 Å². The van der Waals surface area contributed by atoms with Gasteiger partial charge in [0.25, 0.3) is 5.91 Å². The molecule has 1 aromatic rings. The quantitative estimate of drug-likeness (QED) is 0.688. The van der Waals surface area contributed by atoms with Crippen LogP contribution in [0.25, 0.3) is 0 Å². The number of amides is 1. The van der Waals surface area contributed by atoms with Crippen molar-refractivity contribution in [1.29, 1.82) is 0 Å². The highest BCUT2D eigenvalue weighted by molar-refractivity contribution is 7.89. The second kappa shape index (κ2) is 8.64.